The Morgan fingerprint density at radius 3 is 2.23 bits per heavy atom. The Morgan fingerprint density at radius 2 is 1.85 bits per heavy atom. The Hall–Kier alpha value is 0.0274. The van der Waals surface area contributed by atoms with E-state index in [1.54, 1.807) is 0 Å². The van der Waals surface area contributed by atoms with Gasteiger partial charge in [-0.15, -0.1) is 0 Å². The minimum absolute atomic E-state index is 0. The summed E-state index contributed by atoms with van der Waals surface area (Å²) in [6.45, 7) is 1.00. The van der Waals surface area contributed by atoms with Crippen LogP contribution in [0.5, 0.6) is 0 Å². The fourth-order valence-electron chi connectivity index (χ4n) is 2.35. The van der Waals surface area contributed by atoms with Gasteiger partial charge >= 0.3 is 24.8 Å². The maximum absolute atomic E-state index is 10.7. The van der Waals surface area contributed by atoms with Gasteiger partial charge in [0.2, 0.25) is 0 Å². The van der Waals surface area contributed by atoms with Gasteiger partial charge in [-0.25, -0.2) is 0 Å². The average molecular weight is 177 g/mol. The number of likely N-dealkylation sites (tertiary alicyclic amines) is 1. The summed E-state index contributed by atoms with van der Waals surface area (Å²) in [6, 6.07) is 0.424. The molecule has 0 radical (unpaired) electrons. The molecule has 1 aliphatic heterocycles. The monoisotopic (exact) mass is 177 g/mol. The van der Waals surface area contributed by atoms with Gasteiger partial charge in [-0.3, -0.25) is 9.69 Å². The molecular formula is C9H16LiNO2. The molecule has 0 amide bonds. The molecule has 1 unspecified atom stereocenters. The van der Waals surface area contributed by atoms with Crippen LogP contribution in [0.25, 0.3) is 0 Å². The van der Waals surface area contributed by atoms with Crippen molar-refractivity contribution in [3.05, 3.63) is 0 Å². The third-order valence-electron chi connectivity index (χ3n) is 3.14. The van der Waals surface area contributed by atoms with E-state index in [2.05, 4.69) is 4.90 Å². The van der Waals surface area contributed by atoms with Crippen molar-refractivity contribution in [3.63, 3.8) is 0 Å². The van der Waals surface area contributed by atoms with Crippen molar-refractivity contribution in [2.75, 3.05) is 6.54 Å². The molecule has 0 aromatic heterocycles. The molecule has 3 nitrogen and oxygen atoms in total. The van der Waals surface area contributed by atoms with Crippen molar-refractivity contribution < 1.29 is 9.90 Å². The van der Waals surface area contributed by atoms with E-state index >= 15 is 0 Å². The SMILES string of the molecule is O=C(O)C1CCN1C1CCCC1.[LiH]. The number of hydrogen-bond acceptors (Lipinski definition) is 2. The van der Waals surface area contributed by atoms with Crippen LogP contribution >= 0.6 is 0 Å². The molecule has 13 heavy (non-hydrogen) atoms. The van der Waals surface area contributed by atoms with Crippen LogP contribution in [-0.2, 0) is 4.79 Å². The fourth-order valence-corrected chi connectivity index (χ4v) is 2.35. The van der Waals surface area contributed by atoms with Gasteiger partial charge in [0.15, 0.2) is 0 Å². The molecule has 1 heterocycles. The summed E-state index contributed by atoms with van der Waals surface area (Å²) in [6.07, 6.45) is 5.85. The number of carboxylic acid groups (broad SMARTS) is 1. The van der Waals surface area contributed by atoms with Gasteiger partial charge < -0.3 is 5.11 Å². The van der Waals surface area contributed by atoms with Crippen molar-refractivity contribution >= 4 is 24.8 Å². The van der Waals surface area contributed by atoms with E-state index in [1.807, 2.05) is 0 Å². The Morgan fingerprint density at radius 1 is 1.23 bits per heavy atom. The minimum atomic E-state index is -0.631. The molecule has 2 fully saturated rings. The van der Waals surface area contributed by atoms with Gasteiger partial charge in [0.1, 0.15) is 6.04 Å². The summed E-state index contributed by atoms with van der Waals surface area (Å²) in [4.78, 5) is 12.9. The number of rotatable bonds is 2. The number of aliphatic carboxylic acids is 1. The topological polar surface area (TPSA) is 40.5 Å². The molecule has 0 spiro atoms. The second-order valence-electron chi connectivity index (χ2n) is 3.82. The Bertz CT molecular complexity index is 192. The first-order valence-electron chi connectivity index (χ1n) is 4.77. The molecule has 1 atom stereocenters. The van der Waals surface area contributed by atoms with Crippen LogP contribution in [-0.4, -0.2) is 53.5 Å². The van der Waals surface area contributed by atoms with Crippen LogP contribution < -0.4 is 0 Å². The molecule has 0 aromatic carbocycles. The zero-order chi connectivity index (χ0) is 8.55. The number of nitrogens with zero attached hydrogens (tertiary/aromatic N) is 1. The van der Waals surface area contributed by atoms with Gasteiger partial charge in [-0.1, -0.05) is 12.8 Å². The van der Waals surface area contributed by atoms with Crippen molar-refractivity contribution in [1.29, 1.82) is 0 Å². The molecule has 1 aliphatic carbocycles. The van der Waals surface area contributed by atoms with Crippen LogP contribution in [0.1, 0.15) is 32.1 Å². The normalized spacial score (nSPS) is 29.4. The molecule has 1 saturated carbocycles. The Balaban J connectivity index is 0.000000845. The van der Waals surface area contributed by atoms with Crippen molar-refractivity contribution in [3.8, 4) is 0 Å². The van der Waals surface area contributed by atoms with Crippen LogP contribution in [0.2, 0.25) is 0 Å². The standard InChI is InChI=1S/C9H15NO2.Li.H/c11-9(12)8-5-6-10(8)7-3-1-2-4-7;;/h7-8H,1-6H2,(H,11,12);;. The van der Waals surface area contributed by atoms with Gasteiger partial charge in [0.05, 0.1) is 0 Å². The van der Waals surface area contributed by atoms with Crippen molar-refractivity contribution in [2.24, 2.45) is 0 Å². The third kappa shape index (κ3) is 2.09. The van der Waals surface area contributed by atoms with E-state index < -0.39 is 5.97 Å². The summed E-state index contributed by atoms with van der Waals surface area (Å²) in [5.74, 6) is -0.631. The second-order valence-corrected chi connectivity index (χ2v) is 3.82. The summed E-state index contributed by atoms with van der Waals surface area (Å²) in [7, 11) is 0. The second kappa shape index (κ2) is 4.50. The predicted molar refractivity (Wildman–Crippen MR) is 52.2 cm³/mol. The summed E-state index contributed by atoms with van der Waals surface area (Å²) >= 11 is 0. The molecular weight excluding hydrogens is 161 g/mol. The Kier molecular flexibility index (Phi) is 3.84. The zero-order valence-corrected chi connectivity index (χ0v) is 7.20. The maximum atomic E-state index is 10.7. The summed E-state index contributed by atoms with van der Waals surface area (Å²) in [5, 5.41) is 8.82. The first-order valence-corrected chi connectivity index (χ1v) is 4.77. The molecule has 1 N–H and O–H groups in total. The van der Waals surface area contributed by atoms with Crippen LogP contribution in [0.4, 0.5) is 0 Å². The Labute approximate surface area is 90.7 Å². The van der Waals surface area contributed by atoms with Crippen LogP contribution in [0.3, 0.4) is 0 Å². The number of carbonyl (C=O) groups is 1. The number of carboxylic acids is 1. The molecule has 4 heteroatoms. The molecule has 70 valence electrons. The van der Waals surface area contributed by atoms with Crippen LogP contribution in [0.15, 0.2) is 0 Å². The van der Waals surface area contributed by atoms with Crippen molar-refractivity contribution in [1.82, 2.24) is 4.90 Å². The molecule has 2 rings (SSSR count). The quantitative estimate of drug-likeness (QED) is 0.622. The zero-order valence-electron chi connectivity index (χ0n) is 7.20. The van der Waals surface area contributed by atoms with Gasteiger partial charge in [-0.05, 0) is 19.3 Å². The van der Waals surface area contributed by atoms with E-state index in [4.69, 9.17) is 5.11 Å². The first-order chi connectivity index (χ1) is 5.79. The average Bonchev–Trinajstić information content (AvgIpc) is 2.35. The fraction of sp³-hybridized carbons (Fsp3) is 0.889. The van der Waals surface area contributed by atoms with E-state index in [9.17, 15) is 4.79 Å². The third-order valence-corrected chi connectivity index (χ3v) is 3.14. The van der Waals surface area contributed by atoms with E-state index in [0.29, 0.717) is 6.04 Å². The molecule has 1 saturated heterocycles. The molecule has 0 aromatic rings. The predicted octanol–water partition coefficient (Wildman–Crippen LogP) is 0.439. The van der Waals surface area contributed by atoms with E-state index in [0.717, 1.165) is 13.0 Å². The summed E-state index contributed by atoms with van der Waals surface area (Å²) < 4.78 is 0. The molecule has 2 aliphatic rings. The molecule has 0 bridgehead atoms. The van der Waals surface area contributed by atoms with Gasteiger partial charge in [0.25, 0.3) is 0 Å². The first kappa shape index (κ1) is 11.1. The van der Waals surface area contributed by atoms with Gasteiger partial charge in [0, 0.05) is 12.6 Å². The van der Waals surface area contributed by atoms with E-state index in [1.165, 1.54) is 25.7 Å². The van der Waals surface area contributed by atoms with Crippen LogP contribution in [0, 0.1) is 0 Å². The van der Waals surface area contributed by atoms with Gasteiger partial charge in [-0.2, -0.15) is 0 Å². The summed E-state index contributed by atoms with van der Waals surface area (Å²) in [5.41, 5.74) is 0. The van der Waals surface area contributed by atoms with E-state index in [-0.39, 0.29) is 24.9 Å². The number of hydrogen-bond donors (Lipinski definition) is 1. The van der Waals surface area contributed by atoms with Crippen molar-refractivity contribution in [2.45, 2.75) is 44.2 Å².